The number of nitrogens with zero attached hydrogens (tertiary/aromatic N) is 4. The number of alkyl halides is 3. The van der Waals surface area contributed by atoms with E-state index in [-0.39, 0.29) is 11.4 Å². The van der Waals surface area contributed by atoms with Crippen molar-refractivity contribution in [1.82, 2.24) is 19.7 Å². The highest BCUT2D eigenvalue weighted by atomic mass is 35.5. The molecule has 0 aliphatic heterocycles. The van der Waals surface area contributed by atoms with Crippen LogP contribution in [0, 0.1) is 0 Å². The van der Waals surface area contributed by atoms with Crippen LogP contribution < -0.4 is 0 Å². The molecule has 0 bridgehead atoms. The Bertz CT molecular complexity index is 862. The maximum atomic E-state index is 13.3. The highest BCUT2D eigenvalue weighted by Gasteiger charge is 2.35. The molecule has 9 heteroatoms. The summed E-state index contributed by atoms with van der Waals surface area (Å²) in [5, 5.41) is 8.92. The van der Waals surface area contributed by atoms with Crippen molar-refractivity contribution in [1.29, 1.82) is 0 Å². The number of hydrogen-bond acceptors (Lipinski definition) is 4. The van der Waals surface area contributed by atoms with Crippen LogP contribution in [0.4, 0.5) is 13.2 Å². The average Bonchev–Trinajstić information content (AvgIpc) is 2.98. The Balaban J connectivity index is 2.25. The van der Waals surface area contributed by atoms with E-state index in [0.717, 1.165) is 18.5 Å². The van der Waals surface area contributed by atoms with E-state index in [0.29, 0.717) is 15.9 Å². The van der Waals surface area contributed by atoms with Gasteiger partial charge in [0.05, 0.1) is 11.1 Å². The zero-order chi connectivity index (χ0) is 17.3. The molecule has 3 rings (SSSR count). The Morgan fingerprint density at radius 3 is 2.42 bits per heavy atom. The molecule has 0 N–H and O–H groups in total. The Labute approximate surface area is 144 Å². The maximum absolute atomic E-state index is 13.3. The van der Waals surface area contributed by atoms with Crippen LogP contribution in [0.3, 0.4) is 0 Å². The second kappa shape index (κ2) is 6.45. The van der Waals surface area contributed by atoms with Crippen LogP contribution >= 0.6 is 23.4 Å². The summed E-state index contributed by atoms with van der Waals surface area (Å²) in [7, 11) is 0. The Hall–Kier alpha value is -2.06. The molecule has 0 spiro atoms. The van der Waals surface area contributed by atoms with Gasteiger partial charge in [0.2, 0.25) is 0 Å². The zero-order valence-corrected chi connectivity index (χ0v) is 13.8. The number of pyridine rings is 1. The van der Waals surface area contributed by atoms with Crippen LogP contribution in [0.15, 0.2) is 47.9 Å². The lowest BCUT2D eigenvalue weighted by Crippen LogP contribution is -2.09. The summed E-state index contributed by atoms with van der Waals surface area (Å²) in [5.74, 6) is 0.0714. The first-order valence-corrected chi connectivity index (χ1v) is 8.29. The zero-order valence-electron chi connectivity index (χ0n) is 12.3. The molecule has 0 aliphatic rings. The van der Waals surface area contributed by atoms with Crippen molar-refractivity contribution < 1.29 is 13.2 Å². The lowest BCUT2D eigenvalue weighted by molar-refractivity contribution is -0.137. The van der Waals surface area contributed by atoms with Crippen LogP contribution in [0.1, 0.15) is 5.56 Å². The predicted octanol–water partition coefficient (Wildman–Crippen LogP) is 4.72. The monoisotopic (exact) mass is 370 g/mol. The highest BCUT2D eigenvalue weighted by Crippen LogP contribution is 2.37. The van der Waals surface area contributed by atoms with Crippen molar-refractivity contribution in [2.24, 2.45) is 0 Å². The van der Waals surface area contributed by atoms with E-state index in [1.165, 1.54) is 11.8 Å². The van der Waals surface area contributed by atoms with E-state index in [1.807, 2.05) is 0 Å². The Morgan fingerprint density at radius 1 is 1.08 bits per heavy atom. The molecule has 0 aliphatic carbocycles. The van der Waals surface area contributed by atoms with E-state index in [9.17, 15) is 13.2 Å². The maximum Gasteiger partial charge on any atom is 0.417 e. The molecule has 1 aromatic carbocycles. The van der Waals surface area contributed by atoms with Gasteiger partial charge in [0.25, 0.3) is 0 Å². The summed E-state index contributed by atoms with van der Waals surface area (Å²) in [4.78, 5) is 3.81. The second-order valence-corrected chi connectivity index (χ2v) is 5.95. The van der Waals surface area contributed by atoms with Gasteiger partial charge in [-0.1, -0.05) is 23.4 Å². The van der Waals surface area contributed by atoms with Crippen molar-refractivity contribution >= 4 is 23.4 Å². The van der Waals surface area contributed by atoms with Gasteiger partial charge in [0.1, 0.15) is 0 Å². The number of halogens is 4. The Kier molecular flexibility index (Phi) is 4.51. The van der Waals surface area contributed by atoms with Gasteiger partial charge in [-0.2, -0.15) is 13.2 Å². The van der Waals surface area contributed by atoms with Crippen LogP contribution in [0.25, 0.3) is 17.1 Å². The number of benzene rings is 1. The fourth-order valence-corrected chi connectivity index (χ4v) is 2.84. The van der Waals surface area contributed by atoms with Crippen LogP contribution in [0.2, 0.25) is 5.02 Å². The van der Waals surface area contributed by atoms with Gasteiger partial charge in [-0.25, -0.2) is 0 Å². The van der Waals surface area contributed by atoms with Gasteiger partial charge in [-0.3, -0.25) is 9.55 Å². The van der Waals surface area contributed by atoms with Crippen molar-refractivity contribution in [3.05, 3.63) is 53.3 Å². The molecule has 0 atom stereocenters. The average molecular weight is 371 g/mol. The van der Waals surface area contributed by atoms with Gasteiger partial charge < -0.3 is 0 Å². The van der Waals surface area contributed by atoms with Crippen molar-refractivity contribution in [3.63, 3.8) is 0 Å². The molecule has 0 saturated heterocycles. The summed E-state index contributed by atoms with van der Waals surface area (Å²) >= 11 is 7.16. The first-order chi connectivity index (χ1) is 11.4. The number of thioether (sulfide) groups is 1. The predicted molar refractivity (Wildman–Crippen MR) is 86.4 cm³/mol. The van der Waals surface area contributed by atoms with E-state index in [4.69, 9.17) is 11.6 Å². The third-order valence-electron chi connectivity index (χ3n) is 3.27. The highest BCUT2D eigenvalue weighted by molar-refractivity contribution is 7.98. The topological polar surface area (TPSA) is 43.6 Å². The Morgan fingerprint density at radius 2 is 1.79 bits per heavy atom. The largest absolute Gasteiger partial charge is 0.417 e. The van der Waals surface area contributed by atoms with E-state index in [2.05, 4.69) is 15.2 Å². The van der Waals surface area contributed by atoms with E-state index < -0.39 is 11.7 Å². The minimum atomic E-state index is -4.52. The summed E-state index contributed by atoms with van der Waals surface area (Å²) in [5.41, 5.74) is -0.332. The standard InChI is InChI=1S/C15H10ClF3N4S/c1-24-14-22-21-13(23(14)10-4-2-9(16)3-5-10)11-8-20-7-6-12(11)15(17,18)19/h2-8H,1H3. The van der Waals surface area contributed by atoms with Crippen LogP contribution in [0.5, 0.6) is 0 Å². The molecule has 0 saturated carbocycles. The summed E-state index contributed by atoms with van der Waals surface area (Å²) in [6, 6.07) is 7.61. The molecule has 0 amide bonds. The molecule has 2 heterocycles. The molecule has 0 fully saturated rings. The van der Waals surface area contributed by atoms with Gasteiger partial charge in [0, 0.05) is 23.1 Å². The molecule has 2 aromatic heterocycles. The van der Waals surface area contributed by atoms with Crippen molar-refractivity contribution in [2.75, 3.05) is 6.26 Å². The number of rotatable bonds is 3. The fourth-order valence-electron chi connectivity index (χ4n) is 2.22. The smallest absolute Gasteiger partial charge is 0.270 e. The molecule has 0 unspecified atom stereocenters. The number of hydrogen-bond donors (Lipinski definition) is 0. The van der Waals surface area contributed by atoms with Crippen molar-refractivity contribution in [3.8, 4) is 17.1 Å². The molecule has 3 aromatic rings. The quantitative estimate of drug-likeness (QED) is 0.625. The van der Waals surface area contributed by atoms with Gasteiger partial charge >= 0.3 is 6.18 Å². The van der Waals surface area contributed by atoms with Crippen molar-refractivity contribution in [2.45, 2.75) is 11.3 Å². The van der Waals surface area contributed by atoms with Gasteiger partial charge in [0.15, 0.2) is 11.0 Å². The van der Waals surface area contributed by atoms with Gasteiger partial charge in [-0.05, 0) is 36.6 Å². The second-order valence-electron chi connectivity index (χ2n) is 4.74. The molecule has 0 radical (unpaired) electrons. The fraction of sp³-hybridized carbons (Fsp3) is 0.133. The summed E-state index contributed by atoms with van der Waals surface area (Å²) in [6.07, 6.45) is -0.503. The number of aromatic nitrogens is 4. The third kappa shape index (κ3) is 3.11. The summed E-state index contributed by atoms with van der Waals surface area (Å²) in [6.45, 7) is 0. The van der Waals surface area contributed by atoms with E-state index >= 15 is 0 Å². The lowest BCUT2D eigenvalue weighted by Gasteiger charge is -2.14. The SMILES string of the molecule is CSc1nnc(-c2cnccc2C(F)(F)F)n1-c1ccc(Cl)cc1. The first-order valence-electron chi connectivity index (χ1n) is 6.68. The lowest BCUT2D eigenvalue weighted by atomic mass is 10.1. The minimum absolute atomic E-state index is 0.0714. The first kappa shape index (κ1) is 16.8. The van der Waals surface area contributed by atoms with E-state index in [1.54, 1.807) is 35.1 Å². The third-order valence-corrected chi connectivity index (χ3v) is 4.15. The summed E-state index contributed by atoms with van der Waals surface area (Å²) < 4.78 is 41.5. The molecular formula is C15H10ClF3N4S. The molecule has 4 nitrogen and oxygen atoms in total. The minimum Gasteiger partial charge on any atom is -0.270 e. The normalized spacial score (nSPS) is 11.7. The molecular weight excluding hydrogens is 361 g/mol. The van der Waals surface area contributed by atoms with Gasteiger partial charge in [-0.15, -0.1) is 10.2 Å². The molecule has 124 valence electrons. The van der Waals surface area contributed by atoms with Crippen LogP contribution in [-0.4, -0.2) is 26.0 Å². The molecule has 24 heavy (non-hydrogen) atoms. The van der Waals surface area contributed by atoms with Crippen LogP contribution in [-0.2, 0) is 6.18 Å².